The van der Waals surface area contributed by atoms with Gasteiger partial charge in [0.1, 0.15) is 11.5 Å². The first-order chi connectivity index (χ1) is 15.2. The molecule has 0 aliphatic carbocycles. The quantitative estimate of drug-likeness (QED) is 0.232. The minimum Gasteiger partial charge on any atom is -0.480 e. The number of halogens is 3. The van der Waals surface area contributed by atoms with E-state index in [0.29, 0.717) is 0 Å². The van der Waals surface area contributed by atoms with Gasteiger partial charge in [-0.25, -0.2) is 9.79 Å². The van der Waals surface area contributed by atoms with Crippen LogP contribution in [0.2, 0.25) is 0 Å². The Labute approximate surface area is 184 Å². The molecule has 1 heterocycles. The molecule has 0 saturated carbocycles. The van der Waals surface area contributed by atoms with Gasteiger partial charge in [0.15, 0.2) is 5.57 Å². The minimum atomic E-state index is -4.83. The molecule has 2 rings (SSSR count). The maximum Gasteiger partial charge on any atom is 0.425 e. The van der Waals surface area contributed by atoms with E-state index in [1.54, 1.807) is 37.3 Å². The second kappa shape index (κ2) is 11.1. The lowest BCUT2D eigenvalue weighted by Crippen LogP contribution is -2.20. The Hall–Kier alpha value is -3.62. The maximum absolute atomic E-state index is 14.1. The first kappa shape index (κ1) is 24.6. The van der Waals surface area contributed by atoms with E-state index in [2.05, 4.69) is 14.7 Å². The average Bonchev–Trinajstić information content (AvgIpc) is 2.77. The Morgan fingerprint density at radius 1 is 1.12 bits per heavy atom. The van der Waals surface area contributed by atoms with Gasteiger partial charge in [0, 0.05) is 6.20 Å². The molecule has 1 aromatic heterocycles. The van der Waals surface area contributed by atoms with Crippen molar-refractivity contribution in [2.24, 2.45) is 4.99 Å². The summed E-state index contributed by atoms with van der Waals surface area (Å²) in [5.41, 5.74) is -0.696. The number of hydrogen-bond acceptors (Lipinski definition) is 6. The number of benzene rings is 1. The van der Waals surface area contributed by atoms with Gasteiger partial charge in [-0.2, -0.15) is 13.2 Å². The summed E-state index contributed by atoms with van der Waals surface area (Å²) in [5.74, 6) is -1.51. The van der Waals surface area contributed by atoms with Gasteiger partial charge < -0.3 is 14.2 Å². The molecule has 0 aliphatic rings. The molecule has 0 fully saturated rings. The van der Waals surface area contributed by atoms with Crippen LogP contribution in [0.25, 0.3) is 0 Å². The topological polar surface area (TPSA) is 70.0 Å². The molecule has 0 saturated heterocycles. The SMILES string of the molecule is CC/C=C(Oc1ccccc1)/C(=C(\N=C(/C)c1cc(C(=O)OC)ccn1)OC)C(F)(F)F. The first-order valence-electron chi connectivity index (χ1n) is 9.60. The number of rotatable bonds is 8. The number of alkyl halides is 3. The average molecular weight is 448 g/mol. The summed E-state index contributed by atoms with van der Waals surface area (Å²) in [6.07, 6.45) is -1.91. The smallest absolute Gasteiger partial charge is 0.425 e. The number of nitrogens with zero attached hydrogens (tertiary/aromatic N) is 2. The zero-order chi connectivity index (χ0) is 23.7. The summed E-state index contributed by atoms with van der Waals surface area (Å²) in [4.78, 5) is 19.8. The van der Waals surface area contributed by atoms with E-state index < -0.39 is 29.4 Å². The molecule has 0 unspecified atom stereocenters. The van der Waals surface area contributed by atoms with Crippen molar-refractivity contribution in [2.75, 3.05) is 14.2 Å². The second-order valence-corrected chi connectivity index (χ2v) is 6.39. The van der Waals surface area contributed by atoms with Crippen molar-refractivity contribution in [3.8, 4) is 5.75 Å². The van der Waals surface area contributed by atoms with Crippen molar-refractivity contribution < 1.29 is 32.2 Å². The standard InChI is InChI=1S/C23H23F3N2O4/c1-5-9-19(32-17-10-7-6-8-11-17)20(23(24,25)26)21(30-3)28-15(2)18-14-16(12-13-27-18)22(29)31-4/h6-14H,5H2,1-4H3/b19-9-,21-20-,28-15+. The van der Waals surface area contributed by atoms with E-state index in [1.165, 1.54) is 38.4 Å². The summed E-state index contributed by atoms with van der Waals surface area (Å²) in [7, 11) is 2.31. The predicted molar refractivity (Wildman–Crippen MR) is 113 cm³/mol. The van der Waals surface area contributed by atoms with Crippen LogP contribution in [0.5, 0.6) is 5.75 Å². The lowest BCUT2D eigenvalue weighted by Gasteiger charge is -2.18. The summed E-state index contributed by atoms with van der Waals surface area (Å²) >= 11 is 0. The fourth-order valence-electron chi connectivity index (χ4n) is 2.65. The normalized spacial score (nSPS) is 13.3. The number of carbonyl (C=O) groups excluding carboxylic acids is 1. The number of allylic oxidation sites excluding steroid dienone is 2. The molecule has 0 bridgehead atoms. The summed E-state index contributed by atoms with van der Waals surface area (Å²) in [5, 5.41) is 0. The number of para-hydroxylation sites is 1. The van der Waals surface area contributed by atoms with Gasteiger partial charge in [0.25, 0.3) is 0 Å². The van der Waals surface area contributed by atoms with Gasteiger partial charge in [-0.05, 0) is 43.7 Å². The highest BCUT2D eigenvalue weighted by molar-refractivity contribution is 6.00. The van der Waals surface area contributed by atoms with Crippen LogP contribution in [0, 0.1) is 0 Å². The van der Waals surface area contributed by atoms with Crippen LogP contribution in [0.1, 0.15) is 36.3 Å². The number of pyridine rings is 1. The third-order valence-electron chi connectivity index (χ3n) is 4.12. The Balaban J connectivity index is 2.60. The molecule has 0 N–H and O–H groups in total. The van der Waals surface area contributed by atoms with Gasteiger partial charge in [-0.1, -0.05) is 25.1 Å². The Morgan fingerprint density at radius 2 is 1.81 bits per heavy atom. The Kier molecular flexibility index (Phi) is 8.57. The van der Waals surface area contributed by atoms with Gasteiger partial charge >= 0.3 is 12.1 Å². The van der Waals surface area contributed by atoms with Crippen LogP contribution in [-0.2, 0) is 9.47 Å². The molecule has 0 aliphatic heterocycles. The maximum atomic E-state index is 14.1. The van der Waals surface area contributed by atoms with E-state index in [-0.39, 0.29) is 29.1 Å². The molecular formula is C23H23F3N2O4. The van der Waals surface area contributed by atoms with Crippen LogP contribution >= 0.6 is 0 Å². The molecule has 1 aromatic carbocycles. The van der Waals surface area contributed by atoms with Crippen LogP contribution in [0.3, 0.4) is 0 Å². The highest BCUT2D eigenvalue weighted by Gasteiger charge is 2.41. The number of aliphatic imine (C=N–C) groups is 1. The van der Waals surface area contributed by atoms with Crippen molar-refractivity contribution >= 4 is 11.7 Å². The molecule has 0 amide bonds. The minimum absolute atomic E-state index is 0.102. The van der Waals surface area contributed by atoms with E-state index >= 15 is 0 Å². The van der Waals surface area contributed by atoms with E-state index in [9.17, 15) is 18.0 Å². The van der Waals surface area contributed by atoms with E-state index in [4.69, 9.17) is 9.47 Å². The summed E-state index contributed by atoms with van der Waals surface area (Å²) < 4.78 is 57.5. The van der Waals surface area contributed by atoms with Crippen LogP contribution < -0.4 is 4.74 Å². The molecule has 32 heavy (non-hydrogen) atoms. The van der Waals surface area contributed by atoms with Gasteiger partial charge in [-0.15, -0.1) is 0 Å². The zero-order valence-corrected chi connectivity index (χ0v) is 18.1. The Morgan fingerprint density at radius 3 is 2.38 bits per heavy atom. The Bertz CT molecular complexity index is 1030. The number of ether oxygens (including phenoxy) is 3. The third-order valence-corrected chi connectivity index (χ3v) is 4.12. The number of aromatic nitrogens is 1. The highest BCUT2D eigenvalue weighted by Crippen LogP contribution is 2.36. The van der Waals surface area contributed by atoms with Crippen molar-refractivity contribution in [3.63, 3.8) is 0 Å². The van der Waals surface area contributed by atoms with Gasteiger partial charge in [-0.3, -0.25) is 4.98 Å². The monoisotopic (exact) mass is 448 g/mol. The van der Waals surface area contributed by atoms with Gasteiger partial charge in [0.05, 0.1) is 31.2 Å². The molecular weight excluding hydrogens is 425 g/mol. The van der Waals surface area contributed by atoms with Crippen molar-refractivity contribution in [3.05, 3.63) is 83.2 Å². The number of hydrogen-bond donors (Lipinski definition) is 0. The molecule has 0 radical (unpaired) electrons. The molecule has 0 atom stereocenters. The lowest BCUT2D eigenvalue weighted by atomic mass is 10.1. The molecule has 170 valence electrons. The van der Waals surface area contributed by atoms with Crippen LogP contribution in [0.4, 0.5) is 13.2 Å². The molecule has 9 heteroatoms. The van der Waals surface area contributed by atoms with E-state index in [0.717, 1.165) is 7.11 Å². The van der Waals surface area contributed by atoms with Crippen molar-refractivity contribution in [1.29, 1.82) is 0 Å². The highest BCUT2D eigenvalue weighted by atomic mass is 19.4. The van der Waals surface area contributed by atoms with Crippen molar-refractivity contribution in [1.82, 2.24) is 4.98 Å². The zero-order valence-electron chi connectivity index (χ0n) is 18.1. The number of methoxy groups -OCH3 is 2. The molecule has 6 nitrogen and oxygen atoms in total. The summed E-state index contributed by atoms with van der Waals surface area (Å²) in [6, 6.07) is 10.9. The van der Waals surface area contributed by atoms with Crippen LogP contribution in [0.15, 0.2) is 76.9 Å². The first-order valence-corrected chi connectivity index (χ1v) is 9.60. The number of esters is 1. The predicted octanol–water partition coefficient (Wildman–Crippen LogP) is 5.47. The fraction of sp³-hybridized carbons (Fsp3) is 0.261. The van der Waals surface area contributed by atoms with Gasteiger partial charge in [0.2, 0.25) is 5.88 Å². The third kappa shape index (κ3) is 6.44. The summed E-state index contributed by atoms with van der Waals surface area (Å²) in [6.45, 7) is 3.14. The molecule has 2 aromatic rings. The van der Waals surface area contributed by atoms with Crippen LogP contribution in [-0.4, -0.2) is 37.1 Å². The molecule has 0 spiro atoms. The largest absolute Gasteiger partial charge is 0.480 e. The fourth-order valence-corrected chi connectivity index (χ4v) is 2.65. The van der Waals surface area contributed by atoms with E-state index in [1.807, 2.05) is 0 Å². The van der Waals surface area contributed by atoms with Crippen molar-refractivity contribution in [2.45, 2.75) is 26.4 Å². The second-order valence-electron chi connectivity index (χ2n) is 6.39. The number of carbonyl (C=O) groups is 1. The lowest BCUT2D eigenvalue weighted by molar-refractivity contribution is -0.0953.